The molecule has 2 N–H and O–H groups in total. The first-order valence-electron chi connectivity index (χ1n) is 9.16. The lowest BCUT2D eigenvalue weighted by Crippen LogP contribution is -2.31. The number of likely N-dealkylation sites (tertiary alicyclic amines) is 1. The van der Waals surface area contributed by atoms with Crippen molar-refractivity contribution in [3.05, 3.63) is 64.7 Å². The third-order valence-electron chi connectivity index (χ3n) is 4.93. The van der Waals surface area contributed by atoms with Crippen LogP contribution in [0.3, 0.4) is 0 Å². The molecule has 29 heavy (non-hydrogen) atoms. The molecule has 2 amide bonds. The maximum atomic E-state index is 13.2. The van der Waals surface area contributed by atoms with Gasteiger partial charge in [0.1, 0.15) is 5.75 Å². The third-order valence-corrected chi connectivity index (χ3v) is 4.93. The van der Waals surface area contributed by atoms with Gasteiger partial charge in [-0.3, -0.25) is 9.59 Å². The van der Waals surface area contributed by atoms with Crippen LogP contribution in [0.4, 0.5) is 13.2 Å². The minimum absolute atomic E-state index is 0.0442. The largest absolute Gasteiger partial charge is 0.507 e. The molecule has 0 bridgehead atoms. The average Bonchev–Trinajstić information content (AvgIpc) is 3.01. The Labute approximate surface area is 166 Å². The number of nitrogens with zero attached hydrogens (tertiary/aromatic N) is 1. The fourth-order valence-corrected chi connectivity index (χ4v) is 3.45. The lowest BCUT2D eigenvalue weighted by molar-refractivity contribution is -0.139. The molecule has 0 saturated carbocycles. The molecule has 0 radical (unpaired) electrons. The monoisotopic (exact) mass is 406 g/mol. The summed E-state index contributed by atoms with van der Waals surface area (Å²) >= 11 is 0. The van der Waals surface area contributed by atoms with Gasteiger partial charge in [0, 0.05) is 32.0 Å². The number of hydrogen-bond donors (Lipinski definition) is 2. The van der Waals surface area contributed by atoms with Crippen molar-refractivity contribution >= 4 is 11.8 Å². The molecule has 1 heterocycles. The number of carbonyl (C=O) groups excluding carboxylic acids is 2. The first kappa shape index (κ1) is 20.7. The Bertz CT molecular complexity index is 928. The maximum absolute atomic E-state index is 13.2. The first-order valence-corrected chi connectivity index (χ1v) is 9.16. The van der Waals surface area contributed by atoms with E-state index in [9.17, 15) is 27.9 Å². The van der Waals surface area contributed by atoms with Gasteiger partial charge in [-0.15, -0.1) is 0 Å². The fourth-order valence-electron chi connectivity index (χ4n) is 3.45. The van der Waals surface area contributed by atoms with E-state index in [1.165, 1.54) is 29.2 Å². The molecule has 1 aliphatic heterocycles. The Morgan fingerprint density at radius 2 is 1.97 bits per heavy atom. The summed E-state index contributed by atoms with van der Waals surface area (Å²) in [5.41, 5.74) is 0.256. The van der Waals surface area contributed by atoms with Gasteiger partial charge in [-0.1, -0.05) is 29.8 Å². The molecule has 1 aliphatic rings. The maximum Gasteiger partial charge on any atom is 0.416 e. The van der Waals surface area contributed by atoms with Gasteiger partial charge in [0.25, 0.3) is 5.91 Å². The summed E-state index contributed by atoms with van der Waals surface area (Å²) in [6, 6.07) is 9.87. The Morgan fingerprint density at radius 1 is 1.24 bits per heavy atom. The Kier molecular flexibility index (Phi) is 5.81. The minimum Gasteiger partial charge on any atom is -0.507 e. The van der Waals surface area contributed by atoms with Crippen LogP contribution in [0.25, 0.3) is 0 Å². The van der Waals surface area contributed by atoms with E-state index in [-0.39, 0.29) is 54.8 Å². The van der Waals surface area contributed by atoms with E-state index in [2.05, 4.69) is 5.32 Å². The highest BCUT2D eigenvalue weighted by molar-refractivity contribution is 5.97. The molecule has 3 rings (SSSR count). The molecule has 1 fully saturated rings. The molecule has 154 valence electrons. The van der Waals surface area contributed by atoms with Gasteiger partial charge in [-0.25, -0.2) is 0 Å². The van der Waals surface area contributed by atoms with Gasteiger partial charge in [-0.2, -0.15) is 13.2 Å². The highest BCUT2D eigenvalue weighted by atomic mass is 19.4. The lowest BCUT2D eigenvalue weighted by atomic mass is 10.1. The third kappa shape index (κ3) is 4.88. The van der Waals surface area contributed by atoms with Gasteiger partial charge in [0.15, 0.2) is 0 Å². The molecule has 1 atom stereocenters. The van der Waals surface area contributed by atoms with Crippen molar-refractivity contribution in [1.82, 2.24) is 10.2 Å². The number of benzene rings is 2. The molecule has 0 aliphatic carbocycles. The summed E-state index contributed by atoms with van der Waals surface area (Å²) in [5.74, 6) is -1.06. The van der Waals surface area contributed by atoms with E-state index in [1.54, 1.807) is 19.1 Å². The van der Waals surface area contributed by atoms with E-state index in [1.807, 2.05) is 0 Å². The summed E-state index contributed by atoms with van der Waals surface area (Å²) in [6.45, 7) is 2.11. The summed E-state index contributed by atoms with van der Waals surface area (Å²) in [6.07, 6.45) is -4.34. The van der Waals surface area contributed by atoms with Crippen LogP contribution in [-0.2, 0) is 17.5 Å². The molecule has 0 aromatic heterocycles. The number of phenolic OH excluding ortho intramolecular Hbond substituents is 1. The van der Waals surface area contributed by atoms with Gasteiger partial charge in [0.05, 0.1) is 11.1 Å². The van der Waals surface area contributed by atoms with Gasteiger partial charge in [0.2, 0.25) is 5.91 Å². The molecule has 1 saturated heterocycles. The number of nitrogens with one attached hydrogen (secondary N) is 1. The number of rotatable bonds is 5. The van der Waals surface area contributed by atoms with Crippen molar-refractivity contribution in [2.24, 2.45) is 5.92 Å². The Morgan fingerprint density at radius 3 is 2.69 bits per heavy atom. The first-order chi connectivity index (χ1) is 13.6. The number of amides is 2. The quantitative estimate of drug-likeness (QED) is 0.799. The van der Waals surface area contributed by atoms with Crippen molar-refractivity contribution < 1.29 is 27.9 Å². The average molecular weight is 406 g/mol. The van der Waals surface area contributed by atoms with Crippen LogP contribution in [0.1, 0.15) is 33.5 Å². The van der Waals surface area contributed by atoms with Crippen LogP contribution in [0.15, 0.2) is 42.5 Å². The SMILES string of the molecule is Cc1ccc(O)c(C(=O)NCC2CC(=O)N(Cc3ccccc3C(F)(F)F)C2)c1. The number of carbonyl (C=O) groups is 2. The molecule has 5 nitrogen and oxygen atoms in total. The van der Waals surface area contributed by atoms with Crippen molar-refractivity contribution in [2.75, 3.05) is 13.1 Å². The molecular weight excluding hydrogens is 385 g/mol. The minimum atomic E-state index is -4.48. The van der Waals surface area contributed by atoms with Crippen LogP contribution < -0.4 is 5.32 Å². The zero-order valence-corrected chi connectivity index (χ0v) is 15.8. The number of hydrogen-bond acceptors (Lipinski definition) is 3. The topological polar surface area (TPSA) is 69.6 Å². The van der Waals surface area contributed by atoms with Crippen LogP contribution in [0.5, 0.6) is 5.75 Å². The number of alkyl halides is 3. The number of aromatic hydroxyl groups is 1. The normalized spacial score (nSPS) is 16.9. The van der Waals surface area contributed by atoms with Gasteiger partial charge in [-0.05, 0) is 30.7 Å². The summed E-state index contributed by atoms with van der Waals surface area (Å²) in [5, 5.41) is 12.5. The smallest absolute Gasteiger partial charge is 0.416 e. The van der Waals surface area contributed by atoms with E-state index in [0.717, 1.165) is 11.6 Å². The number of halogens is 3. The molecule has 0 spiro atoms. The van der Waals surface area contributed by atoms with E-state index in [4.69, 9.17) is 0 Å². The van der Waals surface area contributed by atoms with Gasteiger partial charge < -0.3 is 15.3 Å². The second-order valence-electron chi connectivity index (χ2n) is 7.23. The Hall–Kier alpha value is -3.03. The van der Waals surface area contributed by atoms with Crippen LogP contribution in [0, 0.1) is 12.8 Å². The second-order valence-corrected chi connectivity index (χ2v) is 7.23. The molecule has 2 aromatic rings. The number of phenols is 1. The summed E-state index contributed by atoms with van der Waals surface area (Å²) < 4.78 is 39.5. The van der Waals surface area contributed by atoms with Crippen LogP contribution in [-0.4, -0.2) is 34.9 Å². The summed E-state index contributed by atoms with van der Waals surface area (Å²) in [4.78, 5) is 25.9. The zero-order chi connectivity index (χ0) is 21.2. The number of aryl methyl sites for hydroxylation is 1. The van der Waals surface area contributed by atoms with Crippen LogP contribution >= 0.6 is 0 Å². The predicted octanol–water partition coefficient (Wildman–Crippen LogP) is 3.50. The lowest BCUT2D eigenvalue weighted by Gasteiger charge is -2.20. The van der Waals surface area contributed by atoms with Crippen molar-refractivity contribution in [2.45, 2.75) is 26.1 Å². The zero-order valence-electron chi connectivity index (χ0n) is 15.8. The highest BCUT2D eigenvalue weighted by Crippen LogP contribution is 2.33. The molecule has 8 heteroatoms. The Balaban J connectivity index is 1.61. The van der Waals surface area contributed by atoms with Crippen molar-refractivity contribution in [3.63, 3.8) is 0 Å². The van der Waals surface area contributed by atoms with Gasteiger partial charge >= 0.3 is 6.18 Å². The van der Waals surface area contributed by atoms with Crippen molar-refractivity contribution in [1.29, 1.82) is 0 Å². The van der Waals surface area contributed by atoms with E-state index >= 15 is 0 Å². The van der Waals surface area contributed by atoms with E-state index < -0.39 is 17.6 Å². The molecule has 2 aromatic carbocycles. The molecular formula is C21H21F3N2O3. The van der Waals surface area contributed by atoms with Crippen LogP contribution in [0.2, 0.25) is 0 Å². The fraction of sp³-hybridized carbons (Fsp3) is 0.333. The van der Waals surface area contributed by atoms with Crippen molar-refractivity contribution in [3.8, 4) is 5.75 Å². The predicted molar refractivity (Wildman–Crippen MR) is 100 cm³/mol. The standard InChI is InChI=1S/C21H21F3N2O3/c1-13-6-7-18(27)16(8-13)20(29)25-10-14-9-19(28)26(11-14)12-15-4-2-3-5-17(15)21(22,23)24/h2-8,14,27H,9-12H2,1H3,(H,25,29). The highest BCUT2D eigenvalue weighted by Gasteiger charge is 2.35. The second kappa shape index (κ2) is 8.14. The molecule has 1 unspecified atom stereocenters. The van der Waals surface area contributed by atoms with E-state index in [0.29, 0.717) is 0 Å². The summed E-state index contributed by atoms with van der Waals surface area (Å²) in [7, 11) is 0.